The van der Waals surface area contributed by atoms with Crippen molar-refractivity contribution in [3.63, 3.8) is 0 Å². The van der Waals surface area contributed by atoms with Crippen molar-refractivity contribution in [2.45, 2.75) is 19.3 Å². The maximum Gasteiger partial charge on any atom is 0.255 e. The monoisotopic (exact) mass is 357 g/mol. The van der Waals surface area contributed by atoms with Gasteiger partial charge in [-0.2, -0.15) is 0 Å². The Kier molecular flexibility index (Phi) is 5.04. The molecule has 18 heavy (non-hydrogen) atoms. The summed E-state index contributed by atoms with van der Waals surface area (Å²) in [4.78, 5) is 12.0. The van der Waals surface area contributed by atoms with Crippen LogP contribution in [0.15, 0.2) is 34.9 Å². The van der Waals surface area contributed by atoms with Crippen LogP contribution in [-0.4, -0.2) is 16.9 Å². The zero-order valence-electron chi connectivity index (χ0n) is 10.1. The summed E-state index contributed by atoms with van der Waals surface area (Å²) >= 11 is 2.37. The van der Waals surface area contributed by atoms with E-state index >= 15 is 0 Å². The van der Waals surface area contributed by atoms with Gasteiger partial charge in [0, 0.05) is 11.9 Å². The summed E-state index contributed by atoms with van der Waals surface area (Å²) in [6.07, 6.45) is 4.94. The van der Waals surface area contributed by atoms with Gasteiger partial charge in [-0.25, -0.2) is 0 Å². The van der Waals surface area contributed by atoms with Gasteiger partial charge in [-0.15, -0.1) is 0 Å². The number of unbranched alkanes of at least 4 members (excludes halogenated alkanes) is 2. The molecule has 96 valence electrons. The number of rotatable bonds is 6. The van der Waals surface area contributed by atoms with Gasteiger partial charge in [0.05, 0.1) is 5.56 Å². The molecular weight excluding hydrogens is 341 g/mol. The maximum absolute atomic E-state index is 12.0. The number of nitrogens with one attached hydrogen (secondary N) is 1. The van der Waals surface area contributed by atoms with Crippen LogP contribution >= 0.6 is 22.6 Å². The van der Waals surface area contributed by atoms with Gasteiger partial charge in [0.2, 0.25) is 0 Å². The quantitative estimate of drug-likeness (QED) is 0.486. The van der Waals surface area contributed by atoms with Gasteiger partial charge in [-0.1, -0.05) is 47.2 Å². The second kappa shape index (κ2) is 6.78. The molecule has 2 aromatic rings. The van der Waals surface area contributed by atoms with E-state index in [1.54, 1.807) is 0 Å². The van der Waals surface area contributed by atoms with Crippen LogP contribution in [0.2, 0.25) is 0 Å². The lowest BCUT2D eigenvalue weighted by molar-refractivity contribution is 0.0954. The lowest BCUT2D eigenvalue weighted by atomic mass is 10.1. The Balaban J connectivity index is 1.93. The number of hydrogen-bond donors (Lipinski definition) is 1. The molecule has 1 heterocycles. The van der Waals surface area contributed by atoms with E-state index in [0.29, 0.717) is 5.56 Å². The molecule has 0 spiro atoms. The minimum Gasteiger partial charge on any atom is -0.463 e. The molecule has 0 bridgehead atoms. The second-order valence-electron chi connectivity index (χ2n) is 4.15. The summed E-state index contributed by atoms with van der Waals surface area (Å²) in [6, 6.07) is 7.59. The van der Waals surface area contributed by atoms with Crippen LogP contribution in [0.3, 0.4) is 0 Å². The van der Waals surface area contributed by atoms with Gasteiger partial charge in [0.25, 0.3) is 5.91 Å². The average molecular weight is 357 g/mol. The predicted molar refractivity (Wildman–Crippen MR) is 81.3 cm³/mol. The molecular formula is C14H16INO2. The number of alkyl halides is 1. The van der Waals surface area contributed by atoms with Crippen molar-refractivity contribution in [1.82, 2.24) is 5.32 Å². The normalized spacial score (nSPS) is 10.7. The number of carbonyl (C=O) groups is 1. The number of hydrogen-bond acceptors (Lipinski definition) is 2. The summed E-state index contributed by atoms with van der Waals surface area (Å²) in [5.41, 5.74) is 1.38. The summed E-state index contributed by atoms with van der Waals surface area (Å²) < 4.78 is 6.53. The lowest BCUT2D eigenvalue weighted by Gasteiger charge is -2.03. The molecule has 0 radical (unpaired) electrons. The molecule has 3 nitrogen and oxygen atoms in total. The largest absolute Gasteiger partial charge is 0.463 e. The van der Waals surface area contributed by atoms with Crippen LogP contribution in [0.5, 0.6) is 0 Å². The SMILES string of the molecule is O=C(NCCCCCI)c1coc2ccccc12. The number of halogens is 1. The third-order valence-electron chi connectivity index (χ3n) is 2.82. The molecule has 0 fully saturated rings. The highest BCUT2D eigenvalue weighted by Gasteiger charge is 2.12. The van der Waals surface area contributed by atoms with E-state index < -0.39 is 0 Å². The predicted octanol–water partition coefficient (Wildman–Crippen LogP) is 3.77. The van der Waals surface area contributed by atoms with Crippen LogP contribution in [0.25, 0.3) is 11.0 Å². The Bertz CT molecular complexity index is 521. The van der Waals surface area contributed by atoms with Crippen LogP contribution in [0.4, 0.5) is 0 Å². The van der Waals surface area contributed by atoms with Gasteiger partial charge in [-0.3, -0.25) is 4.79 Å². The van der Waals surface area contributed by atoms with Crippen LogP contribution in [-0.2, 0) is 0 Å². The van der Waals surface area contributed by atoms with Gasteiger partial charge in [0.1, 0.15) is 11.8 Å². The molecule has 0 aliphatic heterocycles. The second-order valence-corrected chi connectivity index (χ2v) is 5.23. The van der Waals surface area contributed by atoms with E-state index in [0.717, 1.165) is 30.4 Å². The van der Waals surface area contributed by atoms with Gasteiger partial charge in [-0.05, 0) is 23.3 Å². The van der Waals surface area contributed by atoms with Crippen molar-refractivity contribution in [3.8, 4) is 0 Å². The number of amides is 1. The summed E-state index contributed by atoms with van der Waals surface area (Å²) in [6.45, 7) is 0.731. The van der Waals surface area contributed by atoms with E-state index in [2.05, 4.69) is 27.9 Å². The van der Waals surface area contributed by atoms with Crippen molar-refractivity contribution < 1.29 is 9.21 Å². The van der Waals surface area contributed by atoms with Crippen molar-refractivity contribution in [3.05, 3.63) is 36.1 Å². The first-order valence-electron chi connectivity index (χ1n) is 6.13. The number of carbonyl (C=O) groups excluding carboxylic acids is 1. The fourth-order valence-corrected chi connectivity index (χ4v) is 2.39. The molecule has 4 heteroatoms. The molecule has 0 aliphatic rings. The van der Waals surface area contributed by atoms with Gasteiger partial charge in [0.15, 0.2) is 0 Å². The van der Waals surface area contributed by atoms with E-state index in [9.17, 15) is 4.79 Å². The third-order valence-corrected chi connectivity index (χ3v) is 3.58. The fraction of sp³-hybridized carbons (Fsp3) is 0.357. The Labute approximate surface area is 120 Å². The Morgan fingerprint density at radius 1 is 1.22 bits per heavy atom. The van der Waals surface area contributed by atoms with Crippen molar-refractivity contribution in [1.29, 1.82) is 0 Å². The number of para-hydroxylation sites is 1. The Morgan fingerprint density at radius 3 is 2.89 bits per heavy atom. The smallest absolute Gasteiger partial charge is 0.255 e. The Hall–Kier alpha value is -1.04. The molecule has 0 aliphatic carbocycles. The molecule has 1 N–H and O–H groups in total. The van der Waals surface area contributed by atoms with Crippen LogP contribution in [0.1, 0.15) is 29.6 Å². The summed E-state index contributed by atoms with van der Waals surface area (Å²) in [5, 5.41) is 3.81. The molecule has 0 saturated carbocycles. The van der Waals surface area contributed by atoms with Gasteiger partial charge >= 0.3 is 0 Å². The maximum atomic E-state index is 12.0. The van der Waals surface area contributed by atoms with Crippen LogP contribution < -0.4 is 5.32 Å². The van der Waals surface area contributed by atoms with Crippen LogP contribution in [0, 0.1) is 0 Å². The molecule has 0 atom stereocenters. The molecule has 1 aromatic heterocycles. The fourth-order valence-electron chi connectivity index (χ4n) is 1.85. The number of benzene rings is 1. The average Bonchev–Trinajstić information content (AvgIpc) is 2.82. The Morgan fingerprint density at radius 2 is 2.06 bits per heavy atom. The molecule has 2 rings (SSSR count). The zero-order valence-corrected chi connectivity index (χ0v) is 12.3. The summed E-state index contributed by atoms with van der Waals surface area (Å²) in [7, 11) is 0. The van der Waals surface area contributed by atoms with E-state index in [4.69, 9.17) is 4.42 Å². The standard InChI is InChI=1S/C14H16INO2/c15-8-4-1-5-9-16-14(17)12-10-18-13-7-3-2-6-11(12)13/h2-3,6-7,10H,1,4-5,8-9H2,(H,16,17). The number of fused-ring (bicyclic) bond motifs is 1. The minimum absolute atomic E-state index is 0.0468. The highest BCUT2D eigenvalue weighted by atomic mass is 127. The lowest BCUT2D eigenvalue weighted by Crippen LogP contribution is -2.24. The number of furan rings is 1. The topological polar surface area (TPSA) is 42.2 Å². The first kappa shape index (κ1) is 13.4. The molecule has 1 amide bonds. The minimum atomic E-state index is -0.0468. The van der Waals surface area contributed by atoms with Crippen molar-refractivity contribution >= 4 is 39.5 Å². The molecule has 0 saturated heterocycles. The highest BCUT2D eigenvalue weighted by molar-refractivity contribution is 14.1. The molecule has 1 aromatic carbocycles. The van der Waals surface area contributed by atoms with Crippen molar-refractivity contribution in [2.75, 3.05) is 11.0 Å². The summed E-state index contributed by atoms with van der Waals surface area (Å²) in [5.74, 6) is -0.0468. The van der Waals surface area contributed by atoms with E-state index in [-0.39, 0.29) is 5.91 Å². The van der Waals surface area contributed by atoms with E-state index in [1.165, 1.54) is 17.1 Å². The van der Waals surface area contributed by atoms with Gasteiger partial charge < -0.3 is 9.73 Å². The third kappa shape index (κ3) is 3.25. The first-order chi connectivity index (χ1) is 8.83. The first-order valence-corrected chi connectivity index (χ1v) is 7.66. The highest BCUT2D eigenvalue weighted by Crippen LogP contribution is 2.20. The zero-order chi connectivity index (χ0) is 12.8. The van der Waals surface area contributed by atoms with E-state index in [1.807, 2.05) is 24.3 Å². The van der Waals surface area contributed by atoms with Crippen molar-refractivity contribution in [2.24, 2.45) is 0 Å². The molecule has 0 unspecified atom stereocenters.